The second kappa shape index (κ2) is 16.2. The molecule has 15 heteroatoms. The van der Waals surface area contributed by atoms with E-state index in [-0.39, 0.29) is 5.91 Å². The number of carbonyl (C=O) groups is 3. The Morgan fingerprint density at radius 1 is 0.868 bits per heavy atom. The number of nitrogens with zero attached hydrogens (tertiary/aromatic N) is 9. The van der Waals surface area contributed by atoms with Crippen molar-refractivity contribution < 1.29 is 14.4 Å². The number of aromatic nitrogens is 8. The number of amides is 2. The quantitative estimate of drug-likeness (QED) is 0.0842. The van der Waals surface area contributed by atoms with Crippen molar-refractivity contribution in [2.75, 3.05) is 37.8 Å². The molecule has 6 rings (SSSR count). The van der Waals surface area contributed by atoms with Gasteiger partial charge in [-0.1, -0.05) is 18.6 Å². The van der Waals surface area contributed by atoms with Crippen LogP contribution in [0.4, 0.5) is 11.9 Å². The molecular weight excluding hydrogens is 672 g/mol. The van der Waals surface area contributed by atoms with Gasteiger partial charge in [0.1, 0.15) is 11.4 Å². The number of nitrogens with two attached hydrogens (primary N) is 1. The monoisotopic (exact) mass is 720 g/mol. The summed E-state index contributed by atoms with van der Waals surface area (Å²) >= 11 is 0. The van der Waals surface area contributed by atoms with E-state index in [1.54, 1.807) is 21.5 Å². The maximum absolute atomic E-state index is 13.8. The number of benzene rings is 2. The molecule has 4 heterocycles. The van der Waals surface area contributed by atoms with Crippen molar-refractivity contribution >= 4 is 52.1 Å². The minimum atomic E-state index is -0.485. The fourth-order valence-corrected chi connectivity index (χ4v) is 6.87. The fraction of sp³-hybridized carbons (Fsp3) is 0.395. The SMILES string of the molecule is CCn1nc(C)c(CCCCCn2nc(C)cc2C(=O)Nc2nc3ccccc3n2CCN(C)CCn2c(NC)nc3cc(C(N)=O)ccc32)c1C=O. The molecule has 0 atom stereocenters. The number of hydrogen-bond acceptors (Lipinski definition) is 9. The highest BCUT2D eigenvalue weighted by molar-refractivity contribution is 6.03. The van der Waals surface area contributed by atoms with E-state index in [2.05, 4.69) is 42.3 Å². The van der Waals surface area contributed by atoms with Gasteiger partial charge < -0.3 is 25.1 Å². The lowest BCUT2D eigenvalue weighted by Gasteiger charge is -2.19. The first-order valence-electron chi connectivity index (χ1n) is 18.1. The summed E-state index contributed by atoms with van der Waals surface area (Å²) in [5.41, 5.74) is 13.1. The number of likely N-dealkylation sites (N-methyl/N-ethyl adjacent to an activating group) is 1. The average Bonchev–Trinajstić information content (AvgIpc) is 3.89. The van der Waals surface area contributed by atoms with E-state index in [1.807, 2.05) is 68.8 Å². The minimum absolute atomic E-state index is 0.264. The van der Waals surface area contributed by atoms with Crippen molar-refractivity contribution in [1.82, 2.24) is 43.6 Å². The Bertz CT molecular complexity index is 2260. The lowest BCUT2D eigenvalue weighted by Crippen LogP contribution is -2.28. The number of nitrogens with one attached hydrogen (secondary N) is 2. The second-order valence-electron chi connectivity index (χ2n) is 13.3. The highest BCUT2D eigenvalue weighted by Crippen LogP contribution is 2.23. The van der Waals surface area contributed by atoms with E-state index in [4.69, 9.17) is 10.7 Å². The zero-order chi connectivity index (χ0) is 37.6. The molecule has 0 bridgehead atoms. The van der Waals surface area contributed by atoms with Crippen LogP contribution >= 0.6 is 0 Å². The first kappa shape index (κ1) is 36.9. The van der Waals surface area contributed by atoms with Crippen LogP contribution in [-0.4, -0.2) is 88.8 Å². The highest BCUT2D eigenvalue weighted by atomic mass is 16.2. The molecule has 4 N–H and O–H groups in total. The van der Waals surface area contributed by atoms with Crippen LogP contribution < -0.4 is 16.4 Å². The molecule has 2 amide bonds. The summed E-state index contributed by atoms with van der Waals surface area (Å²) in [4.78, 5) is 48.8. The number of aryl methyl sites for hydroxylation is 4. The molecule has 53 heavy (non-hydrogen) atoms. The molecule has 0 saturated carbocycles. The molecule has 0 unspecified atom stereocenters. The Morgan fingerprint density at radius 3 is 2.30 bits per heavy atom. The molecule has 6 aromatic rings. The second-order valence-corrected chi connectivity index (χ2v) is 13.3. The Kier molecular flexibility index (Phi) is 11.3. The van der Waals surface area contributed by atoms with Crippen molar-refractivity contribution in [3.05, 3.63) is 82.4 Å². The minimum Gasteiger partial charge on any atom is -0.366 e. The van der Waals surface area contributed by atoms with Crippen molar-refractivity contribution in [2.45, 2.75) is 72.6 Å². The summed E-state index contributed by atoms with van der Waals surface area (Å²) in [6, 6.07) is 15.0. The summed E-state index contributed by atoms with van der Waals surface area (Å²) in [7, 11) is 3.88. The van der Waals surface area contributed by atoms with Crippen molar-refractivity contribution in [3.63, 3.8) is 0 Å². The topological polar surface area (TPSA) is 176 Å². The zero-order valence-corrected chi connectivity index (χ0v) is 31.1. The van der Waals surface area contributed by atoms with Crippen LogP contribution in [-0.2, 0) is 32.6 Å². The van der Waals surface area contributed by atoms with Gasteiger partial charge in [-0.15, -0.1) is 0 Å². The maximum atomic E-state index is 13.8. The molecule has 0 spiro atoms. The number of rotatable bonds is 18. The Balaban J connectivity index is 1.09. The van der Waals surface area contributed by atoms with Crippen LogP contribution in [0.3, 0.4) is 0 Å². The number of fused-ring (bicyclic) bond motifs is 2. The van der Waals surface area contributed by atoms with E-state index in [0.29, 0.717) is 67.1 Å². The van der Waals surface area contributed by atoms with Gasteiger partial charge in [0.15, 0.2) is 6.29 Å². The number of para-hydroxylation sites is 2. The molecule has 0 fully saturated rings. The maximum Gasteiger partial charge on any atom is 0.276 e. The summed E-state index contributed by atoms with van der Waals surface area (Å²) in [5.74, 6) is 0.437. The lowest BCUT2D eigenvalue weighted by molar-refractivity contribution is 0.0995. The number of anilines is 2. The smallest absolute Gasteiger partial charge is 0.276 e. The van der Waals surface area contributed by atoms with E-state index in [1.165, 1.54) is 0 Å². The highest BCUT2D eigenvalue weighted by Gasteiger charge is 2.20. The van der Waals surface area contributed by atoms with Gasteiger partial charge in [-0.25, -0.2) is 9.97 Å². The van der Waals surface area contributed by atoms with E-state index < -0.39 is 5.91 Å². The summed E-state index contributed by atoms with van der Waals surface area (Å²) in [5, 5.41) is 15.4. The molecule has 4 aromatic heterocycles. The first-order chi connectivity index (χ1) is 25.6. The number of carbonyl (C=O) groups excluding carboxylic acids is 3. The Morgan fingerprint density at radius 2 is 1.58 bits per heavy atom. The standard InChI is InChI=1S/C38H48N12O3/c1-6-49-34(24-51)28(26(3)45-49)12-8-7-11-17-50-33(22-25(2)44-50)36(53)43-38-41-29-13-9-10-14-31(29)48(38)21-19-46(5)18-20-47-32-16-15-27(35(39)52)23-30(32)42-37(47)40-4/h9-10,13-16,22-24H,6-8,11-12,17-21H2,1-5H3,(H2,39,52)(H,40,42)(H,41,43,53). The third-order valence-electron chi connectivity index (χ3n) is 9.68. The predicted octanol–water partition coefficient (Wildman–Crippen LogP) is 4.67. The first-order valence-corrected chi connectivity index (χ1v) is 18.1. The molecular formula is C38H48N12O3. The Hall–Kier alpha value is -5.83. The average molecular weight is 721 g/mol. The third-order valence-corrected chi connectivity index (χ3v) is 9.68. The van der Waals surface area contributed by atoms with E-state index in [9.17, 15) is 14.4 Å². The molecule has 0 aliphatic heterocycles. The summed E-state index contributed by atoms with van der Waals surface area (Å²) in [6.07, 6.45) is 4.35. The number of aldehydes is 1. The van der Waals surface area contributed by atoms with Crippen molar-refractivity contribution in [3.8, 4) is 0 Å². The normalized spacial score (nSPS) is 11.6. The van der Waals surface area contributed by atoms with Gasteiger partial charge in [-0.3, -0.25) is 29.1 Å². The summed E-state index contributed by atoms with van der Waals surface area (Å²) in [6.45, 7) is 9.77. The largest absolute Gasteiger partial charge is 0.366 e. The van der Waals surface area contributed by atoms with Crippen LogP contribution in [0.5, 0.6) is 0 Å². The van der Waals surface area contributed by atoms with Gasteiger partial charge in [0, 0.05) is 57.4 Å². The number of primary amides is 1. The molecule has 0 saturated heterocycles. The number of imidazole rings is 2. The lowest BCUT2D eigenvalue weighted by atomic mass is 10.1. The van der Waals surface area contributed by atoms with Gasteiger partial charge in [-0.05, 0) is 83.5 Å². The van der Waals surface area contributed by atoms with Gasteiger partial charge in [-0.2, -0.15) is 10.2 Å². The zero-order valence-electron chi connectivity index (χ0n) is 31.1. The van der Waals surface area contributed by atoms with Crippen molar-refractivity contribution in [1.29, 1.82) is 0 Å². The van der Waals surface area contributed by atoms with Crippen LogP contribution in [0.1, 0.15) is 74.5 Å². The van der Waals surface area contributed by atoms with Crippen LogP contribution in [0, 0.1) is 13.8 Å². The van der Waals surface area contributed by atoms with Gasteiger partial charge in [0.25, 0.3) is 5.91 Å². The van der Waals surface area contributed by atoms with Gasteiger partial charge >= 0.3 is 0 Å². The third kappa shape index (κ3) is 7.99. The molecule has 0 aliphatic rings. The predicted molar refractivity (Wildman–Crippen MR) is 206 cm³/mol. The molecule has 15 nitrogen and oxygen atoms in total. The van der Waals surface area contributed by atoms with Gasteiger partial charge in [0.05, 0.1) is 33.5 Å². The van der Waals surface area contributed by atoms with Crippen LogP contribution in [0.15, 0.2) is 48.5 Å². The van der Waals surface area contributed by atoms with Gasteiger partial charge in [0.2, 0.25) is 17.8 Å². The molecule has 2 aromatic carbocycles. The fourth-order valence-electron chi connectivity index (χ4n) is 6.87. The molecule has 0 aliphatic carbocycles. The van der Waals surface area contributed by atoms with Crippen molar-refractivity contribution in [2.24, 2.45) is 5.73 Å². The van der Waals surface area contributed by atoms with Crippen LogP contribution in [0.25, 0.3) is 22.1 Å². The molecule has 0 radical (unpaired) electrons. The van der Waals surface area contributed by atoms with E-state index in [0.717, 1.165) is 72.0 Å². The Labute approximate surface area is 308 Å². The number of unbranched alkanes of at least 4 members (excludes halogenated alkanes) is 2. The number of hydrogen-bond donors (Lipinski definition) is 3. The molecule has 278 valence electrons. The summed E-state index contributed by atoms with van der Waals surface area (Å²) < 4.78 is 7.67. The van der Waals surface area contributed by atoms with E-state index >= 15 is 0 Å². The van der Waals surface area contributed by atoms with Crippen LogP contribution in [0.2, 0.25) is 0 Å².